The van der Waals surface area contributed by atoms with Crippen LogP contribution in [0.15, 0.2) is 34.5 Å². The number of benzene rings is 1. The molecule has 0 saturated carbocycles. The van der Waals surface area contributed by atoms with Gasteiger partial charge in [0.2, 0.25) is 15.9 Å². The van der Waals surface area contributed by atoms with E-state index in [0.717, 1.165) is 44.1 Å². The monoisotopic (exact) mass is 424 g/mol. The second-order valence-electron chi connectivity index (χ2n) is 6.43. The van der Waals surface area contributed by atoms with E-state index in [1.165, 1.54) is 30.5 Å². The Kier molecular flexibility index (Phi) is 7.13. The Hall–Kier alpha value is -1.85. The predicted molar refractivity (Wildman–Crippen MR) is 108 cm³/mol. The van der Waals surface area contributed by atoms with Crippen LogP contribution in [0.2, 0.25) is 0 Å². The van der Waals surface area contributed by atoms with E-state index in [0.29, 0.717) is 18.0 Å². The van der Waals surface area contributed by atoms with Gasteiger partial charge in [0, 0.05) is 31.4 Å². The number of nitrogens with one attached hydrogen (secondary N) is 2. The van der Waals surface area contributed by atoms with Gasteiger partial charge in [-0.1, -0.05) is 12.1 Å². The average Bonchev–Trinajstić information content (AvgIpc) is 3.14. The van der Waals surface area contributed by atoms with E-state index in [4.69, 9.17) is 4.74 Å². The molecule has 2 N–H and O–H groups in total. The van der Waals surface area contributed by atoms with Gasteiger partial charge in [0.15, 0.2) is 5.13 Å². The fourth-order valence-electron chi connectivity index (χ4n) is 2.82. The minimum atomic E-state index is -3.44. The molecule has 0 bridgehead atoms. The number of carbonyl (C=O) groups is 1. The Balaban J connectivity index is 1.46. The van der Waals surface area contributed by atoms with Crippen molar-refractivity contribution in [3.8, 4) is 0 Å². The van der Waals surface area contributed by atoms with E-state index < -0.39 is 10.0 Å². The molecule has 1 saturated heterocycles. The number of anilines is 1. The SMILES string of the molecule is CNS(=O)(=O)c1ccc(CCC(=O)Nc2nc(CN3CCOCC3)cs2)cc1. The smallest absolute Gasteiger partial charge is 0.240 e. The molecule has 0 unspecified atom stereocenters. The first-order valence-corrected chi connectivity index (χ1v) is 11.4. The summed E-state index contributed by atoms with van der Waals surface area (Å²) in [6.07, 6.45) is 0.828. The van der Waals surface area contributed by atoms with Crippen molar-refractivity contribution < 1.29 is 17.9 Å². The van der Waals surface area contributed by atoms with Crippen LogP contribution in [0, 0.1) is 0 Å². The van der Waals surface area contributed by atoms with Crippen molar-refractivity contribution in [2.75, 3.05) is 38.7 Å². The van der Waals surface area contributed by atoms with Gasteiger partial charge in [-0.3, -0.25) is 9.69 Å². The van der Waals surface area contributed by atoms with Gasteiger partial charge in [-0.15, -0.1) is 11.3 Å². The van der Waals surface area contributed by atoms with Gasteiger partial charge in [0.1, 0.15) is 0 Å². The third-order valence-corrected chi connectivity index (χ3v) is 6.67. The molecule has 1 aliphatic heterocycles. The number of carbonyl (C=O) groups excluding carboxylic acids is 1. The summed E-state index contributed by atoms with van der Waals surface area (Å²) >= 11 is 1.42. The highest BCUT2D eigenvalue weighted by Gasteiger charge is 2.14. The Morgan fingerprint density at radius 1 is 1.25 bits per heavy atom. The molecule has 0 spiro atoms. The molecule has 2 heterocycles. The number of rotatable bonds is 8. The second kappa shape index (κ2) is 9.57. The molecule has 0 radical (unpaired) electrons. The van der Waals surface area contributed by atoms with Gasteiger partial charge in [-0.2, -0.15) is 0 Å². The maximum Gasteiger partial charge on any atom is 0.240 e. The fourth-order valence-corrected chi connectivity index (χ4v) is 4.27. The third-order valence-electron chi connectivity index (χ3n) is 4.43. The van der Waals surface area contributed by atoms with E-state index >= 15 is 0 Å². The lowest BCUT2D eigenvalue weighted by molar-refractivity contribution is -0.116. The molecule has 8 nitrogen and oxygen atoms in total. The van der Waals surface area contributed by atoms with Crippen LogP contribution >= 0.6 is 11.3 Å². The summed E-state index contributed by atoms with van der Waals surface area (Å²) in [6, 6.07) is 6.53. The van der Waals surface area contributed by atoms with Crippen molar-refractivity contribution in [3.63, 3.8) is 0 Å². The van der Waals surface area contributed by atoms with Crippen LogP contribution in [0.4, 0.5) is 5.13 Å². The third kappa shape index (κ3) is 5.82. The predicted octanol–water partition coefficient (Wildman–Crippen LogP) is 1.45. The van der Waals surface area contributed by atoms with Gasteiger partial charge < -0.3 is 10.1 Å². The molecule has 2 aromatic rings. The summed E-state index contributed by atoms with van der Waals surface area (Å²) < 4.78 is 31.1. The molecule has 1 amide bonds. The van der Waals surface area contributed by atoms with Gasteiger partial charge >= 0.3 is 0 Å². The molecule has 10 heteroatoms. The highest BCUT2D eigenvalue weighted by Crippen LogP contribution is 2.18. The normalized spacial score (nSPS) is 15.5. The van der Waals surface area contributed by atoms with Crippen molar-refractivity contribution >= 4 is 32.4 Å². The molecular formula is C18H24N4O4S2. The van der Waals surface area contributed by atoms with Crippen LogP contribution in [0.25, 0.3) is 0 Å². The molecule has 1 aliphatic rings. The summed E-state index contributed by atoms with van der Waals surface area (Å²) in [4.78, 5) is 19.1. The first-order chi connectivity index (χ1) is 13.5. The van der Waals surface area contributed by atoms with Gasteiger partial charge in [0.25, 0.3) is 0 Å². The summed E-state index contributed by atoms with van der Waals surface area (Å²) in [5.74, 6) is -0.112. The lowest BCUT2D eigenvalue weighted by Gasteiger charge is -2.25. The van der Waals surface area contributed by atoms with Gasteiger partial charge in [0.05, 0.1) is 23.8 Å². The van der Waals surface area contributed by atoms with Crippen LogP contribution in [-0.2, 0) is 32.5 Å². The van der Waals surface area contributed by atoms with Crippen molar-refractivity contribution in [3.05, 3.63) is 40.9 Å². The van der Waals surface area contributed by atoms with Crippen LogP contribution in [0.5, 0.6) is 0 Å². The molecular weight excluding hydrogens is 400 g/mol. The highest BCUT2D eigenvalue weighted by atomic mass is 32.2. The summed E-state index contributed by atoms with van der Waals surface area (Å²) in [6.45, 7) is 4.05. The fraction of sp³-hybridized carbons (Fsp3) is 0.444. The summed E-state index contributed by atoms with van der Waals surface area (Å²) in [7, 11) is -2.07. The van der Waals surface area contributed by atoms with Gasteiger partial charge in [-0.25, -0.2) is 18.1 Å². The molecule has 1 aromatic heterocycles. The van der Waals surface area contributed by atoms with E-state index in [2.05, 4.69) is 19.9 Å². The molecule has 0 aliphatic carbocycles. The molecule has 152 valence electrons. The zero-order chi connectivity index (χ0) is 20.0. The topological polar surface area (TPSA) is 101 Å². The van der Waals surface area contributed by atoms with E-state index in [9.17, 15) is 13.2 Å². The summed E-state index contributed by atoms with van der Waals surface area (Å²) in [5, 5.41) is 5.40. The lowest BCUT2D eigenvalue weighted by atomic mass is 10.1. The van der Waals surface area contributed by atoms with Crippen LogP contribution in [0.3, 0.4) is 0 Å². The van der Waals surface area contributed by atoms with Crippen molar-refractivity contribution in [1.82, 2.24) is 14.6 Å². The maximum absolute atomic E-state index is 12.2. The number of thiazole rings is 1. The van der Waals surface area contributed by atoms with E-state index in [-0.39, 0.29) is 10.8 Å². The highest BCUT2D eigenvalue weighted by molar-refractivity contribution is 7.89. The number of amides is 1. The molecule has 1 fully saturated rings. The van der Waals surface area contributed by atoms with Crippen molar-refractivity contribution in [2.45, 2.75) is 24.3 Å². The average molecular weight is 425 g/mol. The first-order valence-electron chi connectivity index (χ1n) is 9.03. The Labute approximate surface area is 169 Å². The number of ether oxygens (including phenoxy) is 1. The number of hydrogen-bond donors (Lipinski definition) is 2. The summed E-state index contributed by atoms with van der Waals surface area (Å²) in [5.41, 5.74) is 1.85. The van der Waals surface area contributed by atoms with Crippen molar-refractivity contribution in [1.29, 1.82) is 0 Å². The van der Waals surface area contributed by atoms with Gasteiger partial charge in [-0.05, 0) is 31.2 Å². The molecule has 28 heavy (non-hydrogen) atoms. The quantitative estimate of drug-likeness (QED) is 0.665. The molecule has 0 atom stereocenters. The number of morpholine rings is 1. The Bertz CT molecular complexity index is 891. The lowest BCUT2D eigenvalue weighted by Crippen LogP contribution is -2.35. The Morgan fingerprint density at radius 3 is 2.64 bits per heavy atom. The second-order valence-corrected chi connectivity index (χ2v) is 9.18. The molecule has 3 rings (SSSR count). The number of hydrogen-bond acceptors (Lipinski definition) is 7. The maximum atomic E-state index is 12.2. The number of aromatic nitrogens is 1. The first kappa shape index (κ1) is 20.9. The molecule has 1 aromatic carbocycles. The number of aryl methyl sites for hydroxylation is 1. The Morgan fingerprint density at radius 2 is 1.96 bits per heavy atom. The largest absolute Gasteiger partial charge is 0.379 e. The number of sulfonamides is 1. The standard InChI is InChI=1S/C18H24N4O4S2/c1-19-28(24,25)16-5-2-14(3-6-16)4-7-17(23)21-18-20-15(13-27-18)12-22-8-10-26-11-9-22/h2-3,5-6,13,19H,4,7-12H2,1H3,(H,20,21,23). The van der Waals surface area contributed by atoms with E-state index in [1.54, 1.807) is 12.1 Å². The van der Waals surface area contributed by atoms with E-state index in [1.807, 2.05) is 5.38 Å². The van der Waals surface area contributed by atoms with Crippen LogP contribution in [-0.4, -0.2) is 57.6 Å². The number of nitrogens with zero attached hydrogens (tertiary/aromatic N) is 2. The minimum absolute atomic E-state index is 0.112. The minimum Gasteiger partial charge on any atom is -0.379 e. The zero-order valence-corrected chi connectivity index (χ0v) is 17.3. The van der Waals surface area contributed by atoms with Crippen molar-refractivity contribution in [2.24, 2.45) is 0 Å². The van der Waals surface area contributed by atoms with Crippen LogP contribution < -0.4 is 10.0 Å². The van der Waals surface area contributed by atoms with Crippen LogP contribution in [0.1, 0.15) is 17.7 Å². The zero-order valence-electron chi connectivity index (χ0n) is 15.7.